The lowest BCUT2D eigenvalue weighted by atomic mass is 10.0. The summed E-state index contributed by atoms with van der Waals surface area (Å²) in [5.74, 6) is 0.547. The van der Waals surface area contributed by atoms with Gasteiger partial charge in [0.2, 0.25) is 0 Å². The number of benzene rings is 2. The molecule has 0 saturated heterocycles. The van der Waals surface area contributed by atoms with E-state index in [0.29, 0.717) is 35.5 Å². The summed E-state index contributed by atoms with van der Waals surface area (Å²) in [6, 6.07) is 9.68. The number of ether oxygens (including phenoxy) is 4. The number of fused-ring (bicyclic) bond motifs is 1. The van der Waals surface area contributed by atoms with Gasteiger partial charge in [0.05, 0.1) is 0 Å². The molecule has 2 aromatic rings. The van der Waals surface area contributed by atoms with Gasteiger partial charge in [0.15, 0.2) is 0 Å². The lowest BCUT2D eigenvalue weighted by Crippen LogP contribution is -2.25. The fraction of sp³-hybridized carbons (Fsp3) is 0.407. The highest BCUT2D eigenvalue weighted by Gasteiger charge is 2.19. The smallest absolute Gasteiger partial charge is 0.333 e. The maximum absolute atomic E-state index is 11.9. The molecule has 0 radical (unpaired) electrons. The first-order valence-electron chi connectivity index (χ1n) is 11.2. The highest BCUT2D eigenvalue weighted by Crippen LogP contribution is 2.37. The quantitative estimate of drug-likeness (QED) is 0.303. The molecule has 2 aromatic carbocycles. The highest BCUT2D eigenvalue weighted by atomic mass is 16.6. The Hall–Kier alpha value is -3.28. The van der Waals surface area contributed by atoms with Crippen molar-refractivity contribution in [2.75, 3.05) is 13.2 Å². The summed E-state index contributed by atoms with van der Waals surface area (Å²) in [4.78, 5) is 23.7. The maximum Gasteiger partial charge on any atom is 0.333 e. The number of esters is 2. The van der Waals surface area contributed by atoms with Gasteiger partial charge in [-0.1, -0.05) is 51.3 Å². The largest absolute Gasteiger partial charge is 0.489 e. The van der Waals surface area contributed by atoms with Crippen molar-refractivity contribution < 1.29 is 28.5 Å². The van der Waals surface area contributed by atoms with Crippen LogP contribution in [0.1, 0.15) is 46.1 Å². The molecule has 2 atom stereocenters. The van der Waals surface area contributed by atoms with Gasteiger partial charge < -0.3 is 18.9 Å². The highest BCUT2D eigenvalue weighted by molar-refractivity contribution is 5.94. The molecule has 0 amide bonds. The molecule has 33 heavy (non-hydrogen) atoms. The molecule has 0 aliphatic carbocycles. The topological polar surface area (TPSA) is 71.1 Å². The molecule has 0 saturated carbocycles. The normalized spacial score (nSPS) is 12.5. The van der Waals surface area contributed by atoms with Crippen LogP contribution in [-0.2, 0) is 19.1 Å². The van der Waals surface area contributed by atoms with Crippen LogP contribution in [-0.4, -0.2) is 37.4 Å². The summed E-state index contributed by atoms with van der Waals surface area (Å²) in [6.45, 7) is 16.8. The number of rotatable bonds is 12. The zero-order valence-corrected chi connectivity index (χ0v) is 20.2. The fourth-order valence-electron chi connectivity index (χ4n) is 3.09. The van der Waals surface area contributed by atoms with E-state index < -0.39 is 11.9 Å². The number of hydrogen-bond acceptors (Lipinski definition) is 6. The van der Waals surface area contributed by atoms with Crippen LogP contribution in [0.3, 0.4) is 0 Å². The lowest BCUT2D eigenvalue weighted by Gasteiger charge is -2.21. The van der Waals surface area contributed by atoms with Crippen molar-refractivity contribution in [1.82, 2.24) is 0 Å². The monoisotopic (exact) mass is 454 g/mol. The van der Waals surface area contributed by atoms with Gasteiger partial charge in [0.1, 0.15) is 36.9 Å². The second-order valence-corrected chi connectivity index (χ2v) is 8.12. The van der Waals surface area contributed by atoms with E-state index >= 15 is 0 Å². The molecule has 0 aromatic heterocycles. The van der Waals surface area contributed by atoms with E-state index in [9.17, 15) is 9.59 Å². The third kappa shape index (κ3) is 7.11. The zero-order valence-electron chi connectivity index (χ0n) is 20.2. The third-order valence-electron chi connectivity index (χ3n) is 5.14. The van der Waals surface area contributed by atoms with E-state index in [1.165, 1.54) is 0 Å². The van der Waals surface area contributed by atoms with E-state index in [0.717, 1.165) is 16.3 Å². The van der Waals surface area contributed by atoms with Crippen LogP contribution in [0, 0.1) is 6.92 Å². The first-order valence-corrected chi connectivity index (χ1v) is 11.2. The summed E-state index contributed by atoms with van der Waals surface area (Å²) in [5, 5.41) is 1.77. The summed E-state index contributed by atoms with van der Waals surface area (Å²) in [5.41, 5.74) is 1.60. The van der Waals surface area contributed by atoms with E-state index in [2.05, 4.69) is 13.2 Å². The fourth-order valence-corrected chi connectivity index (χ4v) is 3.09. The Labute approximate surface area is 196 Å². The van der Waals surface area contributed by atoms with Crippen LogP contribution in [0.4, 0.5) is 0 Å². The number of carbonyl (C=O) groups is 2. The number of hydrogen-bond donors (Lipinski definition) is 0. The predicted octanol–water partition coefficient (Wildman–Crippen LogP) is 5.70. The minimum Gasteiger partial charge on any atom is -0.489 e. The van der Waals surface area contributed by atoms with E-state index in [1.54, 1.807) is 13.8 Å². The SMILES string of the molecule is C=C(C)C(=O)OC(CC)COc1cc(C)c(OCC(CC)OC(=O)C(=C)C)c2ccccc12. The van der Waals surface area contributed by atoms with Gasteiger partial charge >= 0.3 is 11.9 Å². The second-order valence-electron chi connectivity index (χ2n) is 8.12. The lowest BCUT2D eigenvalue weighted by molar-refractivity contribution is -0.146. The van der Waals surface area contributed by atoms with Crippen molar-refractivity contribution in [2.24, 2.45) is 0 Å². The van der Waals surface area contributed by atoms with E-state index in [-0.39, 0.29) is 25.4 Å². The van der Waals surface area contributed by atoms with Gasteiger partial charge in [-0.3, -0.25) is 0 Å². The third-order valence-corrected chi connectivity index (χ3v) is 5.14. The molecule has 178 valence electrons. The van der Waals surface area contributed by atoms with Crippen molar-refractivity contribution in [2.45, 2.75) is 59.7 Å². The molecule has 0 fully saturated rings. The average molecular weight is 455 g/mol. The second kappa shape index (κ2) is 12.1. The Kier molecular flexibility index (Phi) is 9.52. The van der Waals surface area contributed by atoms with Gasteiger partial charge in [-0.05, 0) is 45.2 Å². The Balaban J connectivity index is 2.21. The molecule has 0 aliphatic heterocycles. The molecular weight excluding hydrogens is 420 g/mol. The van der Waals surface area contributed by atoms with Crippen molar-refractivity contribution >= 4 is 22.7 Å². The van der Waals surface area contributed by atoms with Crippen molar-refractivity contribution in [3.63, 3.8) is 0 Å². The minimum atomic E-state index is -0.423. The van der Waals surface area contributed by atoms with Crippen molar-refractivity contribution in [3.8, 4) is 11.5 Å². The summed E-state index contributed by atoms with van der Waals surface area (Å²) in [6.07, 6.45) is 0.492. The summed E-state index contributed by atoms with van der Waals surface area (Å²) < 4.78 is 23.1. The molecule has 6 heteroatoms. The standard InChI is InChI=1S/C27H34O6/c1-8-20(32-26(28)17(3)4)15-30-24-14-19(7)25(23-13-11-10-12-22(23)24)31-16-21(9-2)33-27(29)18(5)6/h10-14,20-21H,3,5,8-9,15-16H2,1-2,4,6-7H3. The first kappa shape index (κ1) is 26.0. The summed E-state index contributed by atoms with van der Waals surface area (Å²) in [7, 11) is 0. The maximum atomic E-state index is 11.9. The van der Waals surface area contributed by atoms with E-state index in [4.69, 9.17) is 18.9 Å². The van der Waals surface area contributed by atoms with Crippen LogP contribution >= 0.6 is 0 Å². The molecule has 6 nitrogen and oxygen atoms in total. The Morgan fingerprint density at radius 3 is 1.82 bits per heavy atom. The molecule has 0 heterocycles. The van der Waals surface area contributed by atoms with Gasteiger partial charge in [0, 0.05) is 21.9 Å². The summed E-state index contributed by atoms with van der Waals surface area (Å²) >= 11 is 0. The Morgan fingerprint density at radius 2 is 1.33 bits per heavy atom. The molecular formula is C27H34O6. The van der Waals surface area contributed by atoms with Crippen LogP contribution in [0.5, 0.6) is 11.5 Å². The Morgan fingerprint density at radius 1 is 0.848 bits per heavy atom. The minimum absolute atomic E-state index is 0.230. The first-order chi connectivity index (χ1) is 15.7. The van der Waals surface area contributed by atoms with Crippen LogP contribution in [0.15, 0.2) is 54.6 Å². The number of aryl methyl sites for hydroxylation is 1. The van der Waals surface area contributed by atoms with Crippen molar-refractivity contribution in [3.05, 3.63) is 60.2 Å². The molecule has 0 aliphatic rings. The van der Waals surface area contributed by atoms with Gasteiger partial charge in [0.25, 0.3) is 0 Å². The zero-order chi connectivity index (χ0) is 24.5. The van der Waals surface area contributed by atoms with Gasteiger partial charge in [-0.25, -0.2) is 9.59 Å². The van der Waals surface area contributed by atoms with Crippen molar-refractivity contribution in [1.29, 1.82) is 0 Å². The average Bonchev–Trinajstić information content (AvgIpc) is 2.79. The van der Waals surface area contributed by atoms with E-state index in [1.807, 2.05) is 51.1 Å². The molecule has 0 spiro atoms. The number of carbonyl (C=O) groups excluding carboxylic acids is 2. The van der Waals surface area contributed by atoms with Gasteiger partial charge in [-0.15, -0.1) is 0 Å². The molecule has 0 N–H and O–H groups in total. The molecule has 2 rings (SSSR count). The van der Waals surface area contributed by atoms with Crippen LogP contribution in [0.2, 0.25) is 0 Å². The van der Waals surface area contributed by atoms with Crippen LogP contribution in [0.25, 0.3) is 10.8 Å². The predicted molar refractivity (Wildman–Crippen MR) is 130 cm³/mol. The molecule has 0 bridgehead atoms. The van der Waals surface area contributed by atoms with Gasteiger partial charge in [-0.2, -0.15) is 0 Å². The van der Waals surface area contributed by atoms with Crippen LogP contribution < -0.4 is 9.47 Å². The Bertz CT molecular complexity index is 1020. The molecule has 2 unspecified atom stereocenters.